The summed E-state index contributed by atoms with van der Waals surface area (Å²) in [5.74, 6) is -0.731. The van der Waals surface area contributed by atoms with Crippen molar-refractivity contribution in [2.75, 3.05) is 7.11 Å². The molecule has 0 radical (unpaired) electrons. The zero-order chi connectivity index (χ0) is 11.6. The van der Waals surface area contributed by atoms with Gasteiger partial charge in [0.25, 0.3) is 0 Å². The maximum absolute atomic E-state index is 11.1. The zero-order valence-corrected chi connectivity index (χ0v) is 9.50. The van der Waals surface area contributed by atoms with Crippen molar-refractivity contribution in [3.63, 3.8) is 0 Å². The number of rotatable bonds is 3. The summed E-state index contributed by atoms with van der Waals surface area (Å²) in [7, 11) is 1.43. The van der Waals surface area contributed by atoms with Gasteiger partial charge in [0.15, 0.2) is 0 Å². The Balaban J connectivity index is 3.41. The molecule has 0 aliphatic rings. The van der Waals surface area contributed by atoms with E-state index in [4.69, 9.17) is 21.4 Å². The second kappa shape index (κ2) is 4.06. The Labute approximate surface area is 92.8 Å². The third-order valence-corrected chi connectivity index (χ3v) is 2.53. The van der Waals surface area contributed by atoms with Crippen molar-refractivity contribution in [3.05, 3.63) is 22.8 Å². The third kappa shape index (κ3) is 2.04. The summed E-state index contributed by atoms with van der Waals surface area (Å²) in [6.07, 6.45) is 1.47. The molecule has 0 aliphatic heterocycles. The molecule has 0 fully saturated rings. The first-order valence-corrected chi connectivity index (χ1v) is 4.71. The maximum atomic E-state index is 11.1. The van der Waals surface area contributed by atoms with Crippen molar-refractivity contribution in [2.45, 2.75) is 19.3 Å². The van der Waals surface area contributed by atoms with Crippen LogP contribution in [0.15, 0.2) is 12.3 Å². The molecule has 1 N–H and O–H groups in total. The first-order chi connectivity index (χ1) is 6.91. The Morgan fingerprint density at radius 3 is 2.67 bits per heavy atom. The van der Waals surface area contributed by atoms with E-state index in [0.29, 0.717) is 10.6 Å². The number of hydrogen-bond acceptors (Lipinski definition) is 3. The van der Waals surface area contributed by atoms with Crippen LogP contribution in [0.2, 0.25) is 5.02 Å². The maximum Gasteiger partial charge on any atom is 0.313 e. The molecule has 0 atom stereocenters. The van der Waals surface area contributed by atoms with Gasteiger partial charge in [-0.25, -0.2) is 4.98 Å². The predicted octanol–water partition coefficient (Wildman–Crippen LogP) is 2.11. The molecule has 0 saturated carbocycles. The standard InChI is InChI=1S/C10H12ClNO3/c1-10(2,9(13)14)7-6(11)4-5-12-8(7)15-3/h4-5H,1-3H3,(H,13,14). The van der Waals surface area contributed by atoms with Crippen molar-refractivity contribution in [1.82, 2.24) is 4.98 Å². The largest absolute Gasteiger partial charge is 0.481 e. The number of carboxylic acid groups (broad SMARTS) is 1. The first kappa shape index (κ1) is 11.8. The fourth-order valence-electron chi connectivity index (χ4n) is 1.25. The Morgan fingerprint density at radius 2 is 2.20 bits per heavy atom. The molecule has 0 amide bonds. The fourth-order valence-corrected chi connectivity index (χ4v) is 1.62. The average Bonchev–Trinajstić information content (AvgIpc) is 2.16. The van der Waals surface area contributed by atoms with E-state index in [1.165, 1.54) is 13.3 Å². The van der Waals surface area contributed by atoms with E-state index in [0.717, 1.165) is 0 Å². The summed E-state index contributed by atoms with van der Waals surface area (Å²) in [6, 6.07) is 1.55. The number of carboxylic acids is 1. The van der Waals surface area contributed by atoms with Gasteiger partial charge >= 0.3 is 5.97 Å². The van der Waals surface area contributed by atoms with Crippen LogP contribution in [0.1, 0.15) is 19.4 Å². The number of aliphatic carboxylic acids is 1. The number of aromatic nitrogens is 1. The number of nitrogens with zero attached hydrogens (tertiary/aromatic N) is 1. The SMILES string of the molecule is COc1nccc(Cl)c1C(C)(C)C(=O)O. The number of pyridine rings is 1. The van der Waals surface area contributed by atoms with Crippen LogP contribution in [0.5, 0.6) is 5.88 Å². The molecule has 0 aliphatic carbocycles. The molecule has 1 aromatic rings. The van der Waals surface area contributed by atoms with Gasteiger partial charge < -0.3 is 9.84 Å². The molecule has 1 heterocycles. The van der Waals surface area contributed by atoms with Crippen molar-refractivity contribution < 1.29 is 14.6 Å². The lowest BCUT2D eigenvalue weighted by molar-refractivity contribution is -0.142. The Kier molecular flexibility index (Phi) is 3.19. The van der Waals surface area contributed by atoms with Gasteiger partial charge in [-0.3, -0.25) is 4.79 Å². The van der Waals surface area contributed by atoms with Crippen LogP contribution in [-0.2, 0) is 10.2 Å². The summed E-state index contributed by atoms with van der Waals surface area (Å²) in [4.78, 5) is 15.0. The molecule has 5 heteroatoms. The van der Waals surface area contributed by atoms with Gasteiger partial charge in [0.1, 0.15) is 0 Å². The minimum Gasteiger partial charge on any atom is -0.481 e. The van der Waals surface area contributed by atoms with E-state index < -0.39 is 11.4 Å². The molecular formula is C10H12ClNO3. The lowest BCUT2D eigenvalue weighted by atomic mass is 9.85. The van der Waals surface area contributed by atoms with Crippen LogP contribution in [0.25, 0.3) is 0 Å². The van der Waals surface area contributed by atoms with E-state index in [9.17, 15) is 4.79 Å². The van der Waals surface area contributed by atoms with Gasteiger partial charge in [0.05, 0.1) is 17.5 Å². The van der Waals surface area contributed by atoms with E-state index in [2.05, 4.69) is 4.98 Å². The minimum atomic E-state index is -1.13. The Bertz CT molecular complexity index is 390. The van der Waals surface area contributed by atoms with Crippen LogP contribution < -0.4 is 4.74 Å². The van der Waals surface area contributed by atoms with Crippen molar-refractivity contribution in [3.8, 4) is 5.88 Å². The topological polar surface area (TPSA) is 59.4 Å². The highest BCUT2D eigenvalue weighted by atomic mass is 35.5. The molecule has 82 valence electrons. The number of methoxy groups -OCH3 is 1. The van der Waals surface area contributed by atoms with Crippen molar-refractivity contribution in [1.29, 1.82) is 0 Å². The van der Waals surface area contributed by atoms with Crippen molar-refractivity contribution >= 4 is 17.6 Å². The van der Waals surface area contributed by atoms with Gasteiger partial charge in [-0.2, -0.15) is 0 Å². The zero-order valence-electron chi connectivity index (χ0n) is 8.74. The molecule has 4 nitrogen and oxygen atoms in total. The normalized spacial score (nSPS) is 11.2. The smallest absolute Gasteiger partial charge is 0.313 e. The van der Waals surface area contributed by atoms with Gasteiger partial charge in [0.2, 0.25) is 5.88 Å². The highest BCUT2D eigenvalue weighted by Crippen LogP contribution is 2.35. The van der Waals surface area contributed by atoms with Crippen LogP contribution >= 0.6 is 11.6 Å². The second-order valence-electron chi connectivity index (χ2n) is 3.61. The lowest BCUT2D eigenvalue weighted by Gasteiger charge is -2.22. The molecule has 0 unspecified atom stereocenters. The highest BCUT2D eigenvalue weighted by molar-refractivity contribution is 6.31. The molecule has 0 aromatic carbocycles. The van der Waals surface area contributed by atoms with Crippen LogP contribution in [0.4, 0.5) is 0 Å². The summed E-state index contributed by atoms with van der Waals surface area (Å²) in [6.45, 7) is 3.11. The Hall–Kier alpha value is -1.29. The summed E-state index contributed by atoms with van der Waals surface area (Å²) in [5.41, 5.74) is -0.738. The van der Waals surface area contributed by atoms with Crippen molar-refractivity contribution in [2.24, 2.45) is 0 Å². The third-order valence-electron chi connectivity index (χ3n) is 2.22. The highest BCUT2D eigenvalue weighted by Gasteiger charge is 2.35. The lowest BCUT2D eigenvalue weighted by Crippen LogP contribution is -2.29. The molecule has 0 spiro atoms. The Morgan fingerprint density at radius 1 is 1.60 bits per heavy atom. The average molecular weight is 230 g/mol. The number of hydrogen-bond donors (Lipinski definition) is 1. The van der Waals surface area contributed by atoms with E-state index in [1.54, 1.807) is 19.9 Å². The first-order valence-electron chi connectivity index (χ1n) is 4.33. The van der Waals surface area contributed by atoms with E-state index in [-0.39, 0.29) is 5.88 Å². The molecule has 1 rings (SSSR count). The minimum absolute atomic E-state index is 0.245. The fraction of sp³-hybridized carbons (Fsp3) is 0.400. The molecule has 15 heavy (non-hydrogen) atoms. The van der Waals surface area contributed by atoms with E-state index >= 15 is 0 Å². The van der Waals surface area contributed by atoms with Crippen LogP contribution in [-0.4, -0.2) is 23.2 Å². The van der Waals surface area contributed by atoms with Crippen LogP contribution in [0, 0.1) is 0 Å². The predicted molar refractivity (Wildman–Crippen MR) is 56.5 cm³/mol. The summed E-state index contributed by atoms with van der Waals surface area (Å²) in [5, 5.41) is 9.44. The second-order valence-corrected chi connectivity index (χ2v) is 4.01. The van der Waals surface area contributed by atoms with Crippen LogP contribution in [0.3, 0.4) is 0 Å². The van der Waals surface area contributed by atoms with E-state index in [1.807, 2.05) is 0 Å². The number of ether oxygens (including phenoxy) is 1. The van der Waals surface area contributed by atoms with Gasteiger partial charge in [-0.1, -0.05) is 11.6 Å². The van der Waals surface area contributed by atoms with Gasteiger partial charge in [-0.05, 0) is 19.9 Å². The summed E-state index contributed by atoms with van der Waals surface area (Å²) >= 11 is 5.95. The molecule has 0 saturated heterocycles. The quantitative estimate of drug-likeness (QED) is 0.863. The van der Waals surface area contributed by atoms with Gasteiger partial charge in [0, 0.05) is 11.8 Å². The molecule has 1 aromatic heterocycles. The molecular weight excluding hydrogens is 218 g/mol. The molecule has 0 bridgehead atoms. The number of halogens is 1. The summed E-state index contributed by atoms with van der Waals surface area (Å²) < 4.78 is 5.00. The monoisotopic (exact) mass is 229 g/mol. The number of carbonyl (C=O) groups is 1. The van der Waals surface area contributed by atoms with Gasteiger partial charge in [-0.15, -0.1) is 0 Å².